The molecule has 0 fully saturated rings. The summed E-state index contributed by atoms with van der Waals surface area (Å²) in [6, 6.07) is 0. The topological polar surface area (TPSA) is 102 Å². The summed E-state index contributed by atoms with van der Waals surface area (Å²) in [5.41, 5.74) is 0. The molecule has 0 atom stereocenters. The number of hydrogen-bond acceptors (Lipinski definition) is 6. The summed E-state index contributed by atoms with van der Waals surface area (Å²) in [5, 5.41) is 2.60. The smallest absolute Gasteiger partial charge is 0.308 e. The van der Waals surface area contributed by atoms with Crippen LogP contribution in [0.5, 0.6) is 0 Å². The van der Waals surface area contributed by atoms with Crippen LogP contribution < -0.4 is 5.32 Å². The summed E-state index contributed by atoms with van der Waals surface area (Å²) in [5.74, 6) is -0.439. The predicted molar refractivity (Wildman–Crippen MR) is 60.1 cm³/mol. The van der Waals surface area contributed by atoms with Crippen LogP contribution >= 0.6 is 7.60 Å². The second-order valence-electron chi connectivity index (χ2n) is 2.89. The minimum absolute atomic E-state index is 0.0109. The largest absolute Gasteiger partial charge is 0.344 e. The van der Waals surface area contributed by atoms with Crippen molar-refractivity contribution < 1.29 is 26.6 Å². The molecule has 0 spiro atoms. The van der Waals surface area contributed by atoms with E-state index in [9.17, 15) is 13.0 Å². The zero-order valence-electron chi connectivity index (χ0n) is 9.38. The molecule has 0 saturated heterocycles. The molecule has 7 nitrogen and oxygen atoms in total. The Bertz CT molecular complexity index is 320. The normalized spacial score (nSPS) is 12.9. The summed E-state index contributed by atoms with van der Waals surface area (Å²) in [7, 11) is -7.19. The van der Waals surface area contributed by atoms with Gasteiger partial charge in [-0.1, -0.05) is 0 Å². The Hall–Kier alpha value is 0.0200. The van der Waals surface area contributed by atoms with Crippen LogP contribution in [0.4, 0.5) is 0 Å². The molecular weight excluding hydrogens is 257 g/mol. The van der Waals surface area contributed by atoms with E-state index in [4.69, 9.17) is 13.6 Å². The van der Waals surface area contributed by atoms with Crippen LogP contribution in [0.15, 0.2) is 0 Å². The molecule has 0 aromatic rings. The van der Waals surface area contributed by atoms with Crippen LogP contribution in [0.1, 0.15) is 13.8 Å². The summed E-state index contributed by atoms with van der Waals surface area (Å²) in [6.45, 7) is 3.85. The molecule has 16 heavy (non-hydrogen) atoms. The van der Waals surface area contributed by atoms with Gasteiger partial charge in [-0.2, -0.15) is 8.42 Å². The molecule has 0 radical (unpaired) electrons. The highest BCUT2D eigenvalue weighted by atomic mass is 32.2. The van der Waals surface area contributed by atoms with Crippen molar-refractivity contribution >= 4 is 17.7 Å². The van der Waals surface area contributed by atoms with Gasteiger partial charge >= 0.3 is 7.60 Å². The molecule has 0 aromatic heterocycles. The molecule has 0 aliphatic rings. The maximum atomic E-state index is 11.8. The van der Waals surface area contributed by atoms with Crippen molar-refractivity contribution in [1.29, 1.82) is 0 Å². The second kappa shape index (κ2) is 7.37. The maximum Gasteiger partial charge on any atom is 0.344 e. The SMILES string of the molecule is CCOP(=O)(CNCCS(=O)(=O)O)OCC. The van der Waals surface area contributed by atoms with Crippen molar-refractivity contribution in [3.63, 3.8) is 0 Å². The standard InChI is InChI=1S/C7H18NO6PS/c1-3-13-15(9,14-4-2)7-8-5-6-16(10,11)12/h8H,3-7H2,1-2H3,(H,10,11,12). The third-order valence-electron chi connectivity index (χ3n) is 1.49. The molecule has 0 unspecified atom stereocenters. The summed E-state index contributed by atoms with van der Waals surface area (Å²) in [4.78, 5) is 0. The second-order valence-corrected chi connectivity index (χ2v) is 6.52. The van der Waals surface area contributed by atoms with E-state index in [0.29, 0.717) is 0 Å². The molecule has 0 rings (SSSR count). The molecule has 0 heterocycles. The van der Waals surface area contributed by atoms with Gasteiger partial charge in [0.1, 0.15) is 0 Å². The van der Waals surface area contributed by atoms with E-state index in [-0.39, 0.29) is 26.0 Å². The summed E-state index contributed by atoms with van der Waals surface area (Å²) < 4.78 is 51.0. The van der Waals surface area contributed by atoms with E-state index < -0.39 is 23.5 Å². The molecule has 98 valence electrons. The highest BCUT2D eigenvalue weighted by molar-refractivity contribution is 7.85. The van der Waals surface area contributed by atoms with Gasteiger partial charge in [0, 0.05) is 6.54 Å². The fourth-order valence-corrected chi connectivity index (χ4v) is 2.82. The molecule has 2 N–H and O–H groups in total. The number of hydrogen-bond donors (Lipinski definition) is 2. The van der Waals surface area contributed by atoms with E-state index in [1.54, 1.807) is 13.8 Å². The van der Waals surface area contributed by atoms with Crippen LogP contribution in [0.25, 0.3) is 0 Å². The van der Waals surface area contributed by atoms with Crippen molar-refractivity contribution in [2.45, 2.75) is 13.8 Å². The molecule has 0 amide bonds. The van der Waals surface area contributed by atoms with E-state index in [2.05, 4.69) is 5.32 Å². The van der Waals surface area contributed by atoms with Crippen LogP contribution in [0.2, 0.25) is 0 Å². The quantitative estimate of drug-likeness (QED) is 0.362. The lowest BCUT2D eigenvalue weighted by Crippen LogP contribution is -2.24. The van der Waals surface area contributed by atoms with Crippen molar-refractivity contribution in [2.24, 2.45) is 0 Å². The monoisotopic (exact) mass is 275 g/mol. The highest BCUT2D eigenvalue weighted by Gasteiger charge is 2.22. The van der Waals surface area contributed by atoms with E-state index in [1.807, 2.05) is 0 Å². The summed E-state index contributed by atoms with van der Waals surface area (Å²) >= 11 is 0. The minimum Gasteiger partial charge on any atom is -0.308 e. The molecular formula is C7H18NO6PS. The zero-order chi connectivity index (χ0) is 12.7. The van der Waals surface area contributed by atoms with Gasteiger partial charge in [0.05, 0.1) is 25.3 Å². The minimum atomic E-state index is -4.00. The first-order valence-electron chi connectivity index (χ1n) is 4.87. The lowest BCUT2D eigenvalue weighted by molar-refractivity contribution is 0.218. The van der Waals surface area contributed by atoms with Crippen LogP contribution in [-0.4, -0.2) is 44.8 Å². The first-order valence-corrected chi connectivity index (χ1v) is 8.20. The van der Waals surface area contributed by atoms with E-state index in [1.165, 1.54) is 0 Å². The molecule has 0 aliphatic heterocycles. The average Bonchev–Trinajstić information content (AvgIpc) is 2.12. The van der Waals surface area contributed by atoms with Crippen molar-refractivity contribution in [3.8, 4) is 0 Å². The predicted octanol–water partition coefficient (Wildman–Crippen LogP) is 0.687. The Balaban J connectivity index is 3.99. The van der Waals surface area contributed by atoms with Crippen LogP contribution in [0, 0.1) is 0 Å². The Morgan fingerprint density at radius 1 is 1.25 bits per heavy atom. The summed E-state index contributed by atoms with van der Waals surface area (Å²) in [6.07, 6.45) is -0.0792. The molecule has 9 heteroatoms. The lowest BCUT2D eigenvalue weighted by atomic mass is 10.8. The first kappa shape index (κ1) is 16.0. The van der Waals surface area contributed by atoms with Gasteiger partial charge < -0.3 is 14.4 Å². The third-order valence-corrected chi connectivity index (χ3v) is 4.13. The number of nitrogens with one attached hydrogen (secondary N) is 1. The Labute approximate surface area is 95.8 Å². The fraction of sp³-hybridized carbons (Fsp3) is 1.00. The van der Waals surface area contributed by atoms with Crippen molar-refractivity contribution in [2.75, 3.05) is 31.8 Å². The van der Waals surface area contributed by atoms with Crippen molar-refractivity contribution in [3.05, 3.63) is 0 Å². The molecule has 0 aliphatic carbocycles. The Morgan fingerprint density at radius 3 is 2.12 bits per heavy atom. The van der Waals surface area contributed by atoms with E-state index >= 15 is 0 Å². The third kappa shape index (κ3) is 8.20. The van der Waals surface area contributed by atoms with Gasteiger partial charge in [-0.25, -0.2) is 0 Å². The molecule has 0 aromatic carbocycles. The Kier molecular flexibility index (Phi) is 7.38. The Morgan fingerprint density at radius 2 is 1.75 bits per heavy atom. The average molecular weight is 275 g/mol. The molecule has 0 bridgehead atoms. The lowest BCUT2D eigenvalue weighted by Gasteiger charge is -2.17. The van der Waals surface area contributed by atoms with Gasteiger partial charge in [-0.3, -0.25) is 9.12 Å². The fourth-order valence-electron chi connectivity index (χ4n) is 0.939. The maximum absolute atomic E-state index is 11.8. The first-order chi connectivity index (χ1) is 7.33. The van der Waals surface area contributed by atoms with Crippen LogP contribution in [0.3, 0.4) is 0 Å². The zero-order valence-corrected chi connectivity index (χ0v) is 11.1. The molecule has 0 saturated carbocycles. The van der Waals surface area contributed by atoms with Gasteiger partial charge in [-0.15, -0.1) is 0 Å². The van der Waals surface area contributed by atoms with Gasteiger partial charge in [-0.05, 0) is 13.8 Å². The highest BCUT2D eigenvalue weighted by Crippen LogP contribution is 2.46. The van der Waals surface area contributed by atoms with E-state index in [0.717, 1.165) is 0 Å². The van der Waals surface area contributed by atoms with Gasteiger partial charge in [0.25, 0.3) is 10.1 Å². The van der Waals surface area contributed by atoms with Gasteiger partial charge in [0.2, 0.25) is 0 Å². The van der Waals surface area contributed by atoms with Crippen molar-refractivity contribution in [1.82, 2.24) is 5.32 Å². The van der Waals surface area contributed by atoms with Crippen LogP contribution in [-0.2, 0) is 23.7 Å². The number of rotatable bonds is 9. The van der Waals surface area contributed by atoms with Gasteiger partial charge in [0.15, 0.2) is 0 Å².